The summed E-state index contributed by atoms with van der Waals surface area (Å²) < 4.78 is 39.0. The number of benzene rings is 2. The van der Waals surface area contributed by atoms with Gasteiger partial charge < -0.3 is 14.4 Å². The van der Waals surface area contributed by atoms with Crippen LogP contribution in [0.5, 0.6) is 0 Å². The molecule has 1 unspecified atom stereocenters. The lowest BCUT2D eigenvalue weighted by Gasteiger charge is -2.38. The second-order valence-corrected chi connectivity index (χ2v) is 11.2. The number of esters is 1. The van der Waals surface area contributed by atoms with Gasteiger partial charge in [-0.1, -0.05) is 37.6 Å². The van der Waals surface area contributed by atoms with Crippen molar-refractivity contribution in [1.29, 1.82) is 0 Å². The summed E-state index contributed by atoms with van der Waals surface area (Å²) in [4.78, 5) is 26.1. The predicted octanol–water partition coefficient (Wildman–Crippen LogP) is 4.57. The Morgan fingerprint density at radius 1 is 1.11 bits per heavy atom. The van der Waals surface area contributed by atoms with E-state index in [0.29, 0.717) is 42.1 Å². The van der Waals surface area contributed by atoms with E-state index in [2.05, 4.69) is 0 Å². The fourth-order valence-corrected chi connectivity index (χ4v) is 5.64. The van der Waals surface area contributed by atoms with Crippen molar-refractivity contribution < 1.29 is 27.5 Å². The van der Waals surface area contributed by atoms with Gasteiger partial charge in [0.25, 0.3) is 0 Å². The van der Waals surface area contributed by atoms with Crippen LogP contribution in [-0.4, -0.2) is 62.5 Å². The zero-order valence-electron chi connectivity index (χ0n) is 20.1. The molecule has 0 saturated carbocycles. The molecule has 1 aliphatic heterocycles. The van der Waals surface area contributed by atoms with Crippen LogP contribution in [0.15, 0.2) is 53.4 Å². The van der Waals surface area contributed by atoms with Gasteiger partial charge >= 0.3 is 12.1 Å². The fourth-order valence-electron chi connectivity index (χ4n) is 3.88. The summed E-state index contributed by atoms with van der Waals surface area (Å²) in [6, 6.07) is 12.2. The third kappa shape index (κ3) is 6.96. The van der Waals surface area contributed by atoms with E-state index >= 15 is 0 Å². The number of methoxy groups -OCH3 is 1. The quantitative estimate of drug-likeness (QED) is 0.471. The molecule has 1 atom stereocenters. The summed E-state index contributed by atoms with van der Waals surface area (Å²) in [7, 11) is -2.61. The summed E-state index contributed by atoms with van der Waals surface area (Å²) in [6.07, 6.45) is 0.811. The molecular formula is C25H31ClN2O6S. The zero-order valence-corrected chi connectivity index (χ0v) is 21.7. The largest absolute Gasteiger partial charge is 0.465 e. The van der Waals surface area contributed by atoms with Gasteiger partial charge in [-0.15, -0.1) is 0 Å². The Kier molecular flexibility index (Phi) is 9.15. The minimum atomic E-state index is -3.92. The number of hydrogen-bond acceptors (Lipinski definition) is 6. The highest BCUT2D eigenvalue weighted by molar-refractivity contribution is 7.89. The Morgan fingerprint density at radius 2 is 1.77 bits per heavy atom. The number of carbonyl (C=O) groups is 2. The lowest BCUT2D eigenvalue weighted by Crippen LogP contribution is -2.51. The molecule has 0 aliphatic carbocycles. The minimum Gasteiger partial charge on any atom is -0.465 e. The number of sulfonamides is 1. The third-order valence-electron chi connectivity index (χ3n) is 5.74. The van der Waals surface area contributed by atoms with Crippen molar-refractivity contribution in [3.05, 3.63) is 64.7 Å². The van der Waals surface area contributed by atoms with Crippen molar-refractivity contribution >= 4 is 33.7 Å². The summed E-state index contributed by atoms with van der Waals surface area (Å²) in [5.74, 6) is -0.265. The van der Waals surface area contributed by atoms with Crippen molar-refractivity contribution in [2.75, 3.05) is 26.8 Å². The molecule has 0 bridgehead atoms. The molecule has 190 valence electrons. The van der Waals surface area contributed by atoms with Gasteiger partial charge in [0.15, 0.2) is 0 Å². The van der Waals surface area contributed by atoms with E-state index < -0.39 is 28.1 Å². The smallest absolute Gasteiger partial charge is 0.409 e. The zero-order chi connectivity index (χ0) is 25.6. The molecule has 1 heterocycles. The first-order valence-electron chi connectivity index (χ1n) is 11.5. The van der Waals surface area contributed by atoms with Gasteiger partial charge in [-0.05, 0) is 60.7 Å². The Bertz CT molecular complexity index is 1120. The maximum Gasteiger partial charge on any atom is 0.409 e. The van der Waals surface area contributed by atoms with Crippen molar-refractivity contribution in [3.8, 4) is 0 Å². The molecule has 3 rings (SSSR count). The summed E-state index contributed by atoms with van der Waals surface area (Å²) in [6.45, 7) is 5.03. The summed E-state index contributed by atoms with van der Waals surface area (Å²) >= 11 is 5.97. The lowest BCUT2D eigenvalue weighted by molar-refractivity contribution is 0.0600. The van der Waals surface area contributed by atoms with Crippen LogP contribution in [-0.2, 0) is 26.0 Å². The highest BCUT2D eigenvalue weighted by Gasteiger charge is 2.36. The van der Waals surface area contributed by atoms with Crippen LogP contribution in [0.2, 0.25) is 5.02 Å². The molecule has 0 aromatic heterocycles. The van der Waals surface area contributed by atoms with Gasteiger partial charge in [0.05, 0.1) is 24.2 Å². The van der Waals surface area contributed by atoms with E-state index in [4.69, 9.17) is 21.1 Å². The van der Waals surface area contributed by atoms with Gasteiger partial charge in [-0.3, -0.25) is 0 Å². The first-order chi connectivity index (χ1) is 16.6. The van der Waals surface area contributed by atoms with E-state index in [9.17, 15) is 18.0 Å². The van der Waals surface area contributed by atoms with Crippen LogP contribution in [0.4, 0.5) is 4.79 Å². The maximum atomic E-state index is 13.7. The Labute approximate surface area is 211 Å². The number of halogens is 1. The number of likely N-dealkylation sites (tertiary alicyclic amines) is 1. The lowest BCUT2D eigenvalue weighted by atomic mass is 10.1. The molecular weight excluding hydrogens is 492 g/mol. The van der Waals surface area contributed by atoms with Crippen LogP contribution in [0, 0.1) is 5.92 Å². The van der Waals surface area contributed by atoms with Gasteiger partial charge in [0.2, 0.25) is 10.0 Å². The number of carbonyl (C=O) groups excluding carboxylic acids is 2. The molecule has 1 amide bonds. The van der Waals surface area contributed by atoms with E-state index in [0.717, 1.165) is 0 Å². The molecule has 1 aliphatic rings. The van der Waals surface area contributed by atoms with E-state index in [1.54, 1.807) is 29.2 Å². The predicted molar refractivity (Wildman–Crippen MR) is 133 cm³/mol. The standard InChI is InChI=1S/C25H31ClN2O6S/c1-18(2)17-34-25(30)27-14-4-5-22(16-27)28(35(31,32)23-12-10-21(26)11-13-23)15-19-6-8-20(9-7-19)24(29)33-3/h6-13,18,22H,4-5,14-17H2,1-3H3. The molecule has 2 aromatic carbocycles. The second-order valence-electron chi connectivity index (χ2n) is 8.91. The van der Waals surface area contributed by atoms with Crippen molar-refractivity contribution in [3.63, 3.8) is 0 Å². The van der Waals surface area contributed by atoms with Crippen LogP contribution in [0.25, 0.3) is 0 Å². The molecule has 35 heavy (non-hydrogen) atoms. The number of ether oxygens (including phenoxy) is 2. The molecule has 10 heteroatoms. The van der Waals surface area contributed by atoms with Gasteiger partial charge in [-0.2, -0.15) is 4.31 Å². The molecule has 0 N–H and O–H groups in total. The summed E-state index contributed by atoms with van der Waals surface area (Å²) in [5, 5.41) is 0.436. The Balaban J connectivity index is 1.89. The molecule has 1 saturated heterocycles. The van der Waals surface area contributed by atoms with Crippen LogP contribution >= 0.6 is 11.6 Å². The first-order valence-corrected chi connectivity index (χ1v) is 13.3. The van der Waals surface area contributed by atoms with Gasteiger partial charge in [0, 0.05) is 30.7 Å². The normalized spacial score (nSPS) is 16.4. The van der Waals surface area contributed by atoms with E-state index in [1.807, 2.05) is 13.8 Å². The molecule has 0 spiro atoms. The monoisotopic (exact) mass is 522 g/mol. The van der Waals surface area contributed by atoms with Crippen LogP contribution < -0.4 is 0 Å². The van der Waals surface area contributed by atoms with Crippen LogP contribution in [0.3, 0.4) is 0 Å². The first kappa shape index (κ1) is 27.0. The van der Waals surface area contributed by atoms with Crippen molar-refractivity contribution in [1.82, 2.24) is 9.21 Å². The summed E-state index contributed by atoms with van der Waals surface area (Å²) in [5.41, 5.74) is 1.08. The van der Waals surface area contributed by atoms with Crippen molar-refractivity contribution in [2.45, 2.75) is 44.2 Å². The fraction of sp³-hybridized carbons (Fsp3) is 0.440. The number of nitrogens with zero attached hydrogens (tertiary/aromatic N) is 2. The number of amides is 1. The second kappa shape index (κ2) is 11.9. The molecule has 0 radical (unpaired) electrons. The highest BCUT2D eigenvalue weighted by atomic mass is 35.5. The van der Waals surface area contributed by atoms with E-state index in [-0.39, 0.29) is 23.9 Å². The highest BCUT2D eigenvalue weighted by Crippen LogP contribution is 2.27. The molecule has 2 aromatic rings. The van der Waals surface area contributed by atoms with Crippen molar-refractivity contribution in [2.24, 2.45) is 5.92 Å². The molecule has 8 nitrogen and oxygen atoms in total. The number of hydrogen-bond donors (Lipinski definition) is 0. The maximum absolute atomic E-state index is 13.7. The Morgan fingerprint density at radius 3 is 2.37 bits per heavy atom. The van der Waals surface area contributed by atoms with Crippen LogP contribution in [0.1, 0.15) is 42.6 Å². The number of piperidine rings is 1. The Hall–Kier alpha value is -2.62. The SMILES string of the molecule is COC(=O)c1ccc(CN(C2CCCN(C(=O)OCC(C)C)C2)S(=O)(=O)c2ccc(Cl)cc2)cc1. The average molecular weight is 523 g/mol. The van der Waals surface area contributed by atoms with E-state index in [1.165, 1.54) is 35.7 Å². The molecule has 1 fully saturated rings. The number of rotatable bonds is 8. The topological polar surface area (TPSA) is 93.2 Å². The minimum absolute atomic E-state index is 0.0754. The average Bonchev–Trinajstić information content (AvgIpc) is 2.86. The van der Waals surface area contributed by atoms with Gasteiger partial charge in [0.1, 0.15) is 0 Å². The third-order valence-corrected chi connectivity index (χ3v) is 7.90. The van der Waals surface area contributed by atoms with Gasteiger partial charge in [-0.25, -0.2) is 18.0 Å².